The molecule has 4 rings (SSSR count). The molecule has 7 heteroatoms. The number of nitrogens with one attached hydrogen (secondary N) is 1. The lowest BCUT2D eigenvalue weighted by Crippen LogP contribution is -2.43. The summed E-state index contributed by atoms with van der Waals surface area (Å²) in [6.45, 7) is 7.24. The molecule has 27 heavy (non-hydrogen) atoms. The van der Waals surface area contributed by atoms with Crippen LogP contribution in [0.25, 0.3) is 0 Å². The fourth-order valence-corrected chi connectivity index (χ4v) is 4.23. The molecule has 0 aliphatic carbocycles. The van der Waals surface area contributed by atoms with Crippen LogP contribution in [0.4, 0.5) is 11.8 Å². The zero-order valence-corrected chi connectivity index (χ0v) is 16.3. The van der Waals surface area contributed by atoms with Gasteiger partial charge in [-0.05, 0) is 37.7 Å². The Morgan fingerprint density at radius 1 is 1.19 bits per heavy atom. The lowest BCUT2D eigenvalue weighted by Gasteiger charge is -2.35. The van der Waals surface area contributed by atoms with Gasteiger partial charge in [0.15, 0.2) is 0 Å². The summed E-state index contributed by atoms with van der Waals surface area (Å²) in [5, 5.41) is 3.61. The molecule has 7 nitrogen and oxygen atoms in total. The molecular weight excluding hydrogens is 340 g/mol. The van der Waals surface area contributed by atoms with Crippen molar-refractivity contribution in [3.63, 3.8) is 0 Å². The normalized spacial score (nSPS) is 24.3. The summed E-state index contributed by atoms with van der Waals surface area (Å²) in [6, 6.07) is 2.80. The first-order chi connectivity index (χ1) is 13.2. The quantitative estimate of drug-likeness (QED) is 0.872. The highest BCUT2D eigenvalue weighted by Gasteiger charge is 2.29. The predicted octanol–water partition coefficient (Wildman–Crippen LogP) is 3.13. The minimum Gasteiger partial charge on any atom is -0.376 e. The largest absolute Gasteiger partial charge is 0.376 e. The van der Waals surface area contributed by atoms with E-state index in [2.05, 4.69) is 44.8 Å². The summed E-state index contributed by atoms with van der Waals surface area (Å²) in [6.07, 6.45) is 12.3. The van der Waals surface area contributed by atoms with Crippen LogP contribution in [0.1, 0.15) is 45.6 Å². The lowest BCUT2D eigenvalue weighted by molar-refractivity contribution is -0.0203. The van der Waals surface area contributed by atoms with E-state index < -0.39 is 0 Å². The molecular formula is C20H30N6O. The minimum absolute atomic E-state index is 0.239. The van der Waals surface area contributed by atoms with E-state index >= 15 is 0 Å². The molecule has 0 aromatic carbocycles. The standard InChI is InChI=1S/C20H30N6O/c1-15(2)19-17(4-3-13-27-19)23-18-5-8-22-20(24-18)25-10-6-16(7-11-25)26-12-9-21-14-26/h5,8-9,12,14-17,19H,3-4,6-7,10-11,13H2,1-2H3,(H,22,23,24)/t17-,19+/m1/s1. The maximum Gasteiger partial charge on any atom is 0.227 e. The van der Waals surface area contributed by atoms with Crippen molar-refractivity contribution in [1.29, 1.82) is 0 Å². The second-order valence-electron chi connectivity index (χ2n) is 7.94. The number of piperidine rings is 1. The number of aromatic nitrogens is 4. The summed E-state index contributed by atoms with van der Waals surface area (Å²) in [7, 11) is 0. The number of hydrogen-bond donors (Lipinski definition) is 1. The second-order valence-corrected chi connectivity index (χ2v) is 7.94. The highest BCUT2D eigenvalue weighted by Crippen LogP contribution is 2.26. The number of imidazole rings is 1. The monoisotopic (exact) mass is 370 g/mol. The van der Waals surface area contributed by atoms with Gasteiger partial charge >= 0.3 is 0 Å². The molecule has 2 aliphatic heterocycles. The molecule has 2 atom stereocenters. The molecule has 2 saturated heterocycles. The van der Waals surface area contributed by atoms with Gasteiger partial charge < -0.3 is 19.5 Å². The molecule has 0 amide bonds. The van der Waals surface area contributed by atoms with Crippen molar-refractivity contribution in [3.05, 3.63) is 31.0 Å². The molecule has 2 aromatic rings. The first kappa shape index (κ1) is 18.2. The van der Waals surface area contributed by atoms with Crippen molar-refractivity contribution < 1.29 is 4.74 Å². The molecule has 2 aliphatic rings. The summed E-state index contributed by atoms with van der Waals surface area (Å²) in [5.74, 6) is 2.21. The topological polar surface area (TPSA) is 68.1 Å². The first-order valence-electron chi connectivity index (χ1n) is 10.1. The zero-order valence-electron chi connectivity index (χ0n) is 16.3. The van der Waals surface area contributed by atoms with Crippen LogP contribution in [0.5, 0.6) is 0 Å². The third-order valence-electron chi connectivity index (χ3n) is 5.69. The van der Waals surface area contributed by atoms with Crippen LogP contribution in [0, 0.1) is 5.92 Å². The van der Waals surface area contributed by atoms with Crippen molar-refractivity contribution in [2.24, 2.45) is 5.92 Å². The van der Waals surface area contributed by atoms with Gasteiger partial charge in [0.05, 0.1) is 18.5 Å². The highest BCUT2D eigenvalue weighted by molar-refractivity contribution is 5.42. The van der Waals surface area contributed by atoms with E-state index in [-0.39, 0.29) is 6.10 Å². The van der Waals surface area contributed by atoms with E-state index in [1.165, 1.54) is 0 Å². The van der Waals surface area contributed by atoms with Crippen LogP contribution >= 0.6 is 0 Å². The van der Waals surface area contributed by atoms with Gasteiger partial charge in [-0.15, -0.1) is 0 Å². The third kappa shape index (κ3) is 4.24. The van der Waals surface area contributed by atoms with Gasteiger partial charge in [0.2, 0.25) is 5.95 Å². The average Bonchev–Trinajstić information content (AvgIpc) is 3.23. The summed E-state index contributed by atoms with van der Waals surface area (Å²) in [4.78, 5) is 15.8. The molecule has 2 fully saturated rings. The van der Waals surface area contributed by atoms with Crippen LogP contribution in [-0.4, -0.2) is 51.4 Å². The van der Waals surface area contributed by atoms with Gasteiger partial charge in [0.25, 0.3) is 0 Å². The molecule has 1 N–H and O–H groups in total. The predicted molar refractivity (Wildman–Crippen MR) is 106 cm³/mol. The Hall–Kier alpha value is -2.15. The van der Waals surface area contributed by atoms with Crippen molar-refractivity contribution in [2.75, 3.05) is 29.9 Å². The molecule has 146 valence electrons. The third-order valence-corrected chi connectivity index (χ3v) is 5.69. The number of anilines is 2. The molecule has 0 unspecified atom stereocenters. The average molecular weight is 371 g/mol. The molecule has 0 bridgehead atoms. The van der Waals surface area contributed by atoms with E-state index in [1.807, 2.05) is 24.8 Å². The zero-order chi connectivity index (χ0) is 18.6. The Morgan fingerprint density at radius 3 is 2.78 bits per heavy atom. The summed E-state index contributed by atoms with van der Waals surface area (Å²) in [5.41, 5.74) is 0. The molecule has 0 radical (unpaired) electrons. The first-order valence-corrected chi connectivity index (χ1v) is 10.1. The number of ether oxygens (including phenoxy) is 1. The number of rotatable bonds is 5. The Bertz CT molecular complexity index is 711. The highest BCUT2D eigenvalue weighted by atomic mass is 16.5. The maximum atomic E-state index is 5.99. The summed E-state index contributed by atoms with van der Waals surface area (Å²) < 4.78 is 8.21. The fraction of sp³-hybridized carbons (Fsp3) is 0.650. The van der Waals surface area contributed by atoms with Gasteiger partial charge in [0, 0.05) is 44.3 Å². The van der Waals surface area contributed by atoms with Gasteiger partial charge in [-0.1, -0.05) is 13.8 Å². The Labute approximate surface area is 161 Å². The summed E-state index contributed by atoms with van der Waals surface area (Å²) >= 11 is 0. The van der Waals surface area contributed by atoms with Gasteiger partial charge in [-0.2, -0.15) is 4.98 Å². The lowest BCUT2D eigenvalue weighted by atomic mass is 9.94. The minimum atomic E-state index is 0.239. The number of nitrogens with zero attached hydrogens (tertiary/aromatic N) is 5. The van der Waals surface area contributed by atoms with Crippen LogP contribution < -0.4 is 10.2 Å². The van der Waals surface area contributed by atoms with Crippen molar-refractivity contribution in [2.45, 2.75) is 57.7 Å². The second kappa shape index (κ2) is 8.25. The molecule has 0 saturated carbocycles. The smallest absolute Gasteiger partial charge is 0.227 e. The maximum absolute atomic E-state index is 5.99. The van der Waals surface area contributed by atoms with Crippen LogP contribution in [-0.2, 0) is 4.74 Å². The Balaban J connectivity index is 1.39. The van der Waals surface area contributed by atoms with Crippen molar-refractivity contribution in [1.82, 2.24) is 19.5 Å². The van der Waals surface area contributed by atoms with Crippen LogP contribution in [0.15, 0.2) is 31.0 Å². The van der Waals surface area contributed by atoms with E-state index in [1.54, 1.807) is 0 Å². The van der Waals surface area contributed by atoms with Gasteiger partial charge in [0.1, 0.15) is 5.82 Å². The van der Waals surface area contributed by atoms with Crippen molar-refractivity contribution in [3.8, 4) is 0 Å². The van der Waals surface area contributed by atoms with Crippen LogP contribution in [0.3, 0.4) is 0 Å². The van der Waals surface area contributed by atoms with E-state index in [0.29, 0.717) is 18.0 Å². The SMILES string of the molecule is CC(C)[C@@H]1OCCC[C@H]1Nc1ccnc(N2CCC(n3ccnc3)CC2)n1. The fourth-order valence-electron chi connectivity index (χ4n) is 4.23. The van der Waals surface area contributed by atoms with E-state index in [4.69, 9.17) is 9.72 Å². The van der Waals surface area contributed by atoms with E-state index in [9.17, 15) is 0 Å². The molecule has 2 aromatic heterocycles. The Morgan fingerprint density at radius 2 is 2.04 bits per heavy atom. The van der Waals surface area contributed by atoms with Gasteiger partial charge in [-0.3, -0.25) is 0 Å². The number of hydrogen-bond acceptors (Lipinski definition) is 6. The van der Waals surface area contributed by atoms with Crippen molar-refractivity contribution >= 4 is 11.8 Å². The molecule has 4 heterocycles. The Kier molecular flexibility index (Phi) is 5.57. The van der Waals surface area contributed by atoms with E-state index in [0.717, 1.165) is 57.1 Å². The van der Waals surface area contributed by atoms with Crippen LogP contribution in [0.2, 0.25) is 0 Å². The van der Waals surface area contributed by atoms with Gasteiger partial charge in [-0.25, -0.2) is 9.97 Å². The molecule has 0 spiro atoms.